The molecule has 2 amide bonds. The molecule has 0 aliphatic carbocycles. The lowest BCUT2D eigenvalue weighted by atomic mass is 9.86. The molecule has 1 atom stereocenters. The van der Waals surface area contributed by atoms with E-state index in [9.17, 15) is 9.59 Å². The summed E-state index contributed by atoms with van der Waals surface area (Å²) >= 11 is 0. The number of imidazole rings is 1. The number of carbonyl (C=O) groups excluding carboxylic acids is 2. The first kappa shape index (κ1) is 21.1. The molecule has 0 bridgehead atoms. The highest BCUT2D eigenvalue weighted by molar-refractivity contribution is 5.97. The van der Waals surface area contributed by atoms with Crippen molar-refractivity contribution in [1.82, 2.24) is 25.1 Å². The summed E-state index contributed by atoms with van der Waals surface area (Å²) in [5.41, 5.74) is 0.813. The number of nitrogens with zero attached hydrogens (tertiary/aromatic N) is 3. The summed E-state index contributed by atoms with van der Waals surface area (Å²) in [5.74, 6) is 0.178. The van der Waals surface area contributed by atoms with E-state index >= 15 is 0 Å². The Morgan fingerprint density at radius 3 is 2.63 bits per heavy atom. The van der Waals surface area contributed by atoms with Crippen LogP contribution >= 0.6 is 0 Å². The zero-order valence-electron chi connectivity index (χ0n) is 17.1. The van der Waals surface area contributed by atoms with Crippen molar-refractivity contribution in [1.29, 1.82) is 0 Å². The Balaban J connectivity index is 2.36. The molecule has 2 heterocycles. The normalized spacial score (nSPS) is 16.2. The lowest BCUT2D eigenvalue weighted by Gasteiger charge is -2.30. The average molecular weight is 377 g/mol. The van der Waals surface area contributed by atoms with Crippen molar-refractivity contribution in [3.8, 4) is 0 Å². The number of amides is 2. The molecule has 27 heavy (non-hydrogen) atoms. The first-order valence-electron chi connectivity index (χ1n) is 9.15. The van der Waals surface area contributed by atoms with Crippen LogP contribution in [0.2, 0.25) is 0 Å². The first-order valence-corrected chi connectivity index (χ1v) is 9.15. The summed E-state index contributed by atoms with van der Waals surface area (Å²) in [5, 5.41) is 5.50. The summed E-state index contributed by atoms with van der Waals surface area (Å²) in [6, 6.07) is -0.652. The third-order valence-electron chi connectivity index (χ3n) is 4.62. The van der Waals surface area contributed by atoms with E-state index in [1.165, 1.54) is 0 Å². The van der Waals surface area contributed by atoms with E-state index < -0.39 is 11.5 Å². The van der Waals surface area contributed by atoms with E-state index in [0.717, 1.165) is 24.6 Å². The van der Waals surface area contributed by atoms with Gasteiger partial charge in [-0.05, 0) is 18.5 Å². The number of aromatic nitrogens is 2. The maximum atomic E-state index is 13.0. The minimum Gasteiger partial charge on any atom is -0.381 e. The Kier molecular flexibility index (Phi) is 6.78. The largest absolute Gasteiger partial charge is 0.381 e. The second kappa shape index (κ2) is 8.67. The predicted molar refractivity (Wildman–Crippen MR) is 104 cm³/mol. The fourth-order valence-corrected chi connectivity index (χ4v) is 3.10. The highest BCUT2D eigenvalue weighted by Gasteiger charge is 2.34. The predicted octanol–water partition coefficient (Wildman–Crippen LogP) is 0.879. The van der Waals surface area contributed by atoms with Gasteiger partial charge < -0.3 is 19.9 Å². The molecular formula is C19H31N5O3. The van der Waals surface area contributed by atoms with Gasteiger partial charge in [0, 0.05) is 33.8 Å². The van der Waals surface area contributed by atoms with Crippen molar-refractivity contribution >= 4 is 17.9 Å². The summed E-state index contributed by atoms with van der Waals surface area (Å²) in [7, 11) is 5.21. The van der Waals surface area contributed by atoms with Crippen LogP contribution < -0.4 is 10.6 Å². The van der Waals surface area contributed by atoms with Gasteiger partial charge in [-0.1, -0.05) is 26.8 Å². The van der Waals surface area contributed by atoms with Crippen molar-refractivity contribution in [2.75, 3.05) is 34.4 Å². The number of methoxy groups -OCH3 is 1. The second-order valence-electron chi connectivity index (χ2n) is 7.90. The smallest absolute Gasteiger partial charge is 0.272 e. The second-order valence-corrected chi connectivity index (χ2v) is 7.90. The topological polar surface area (TPSA) is 88.5 Å². The van der Waals surface area contributed by atoms with Gasteiger partial charge in [0.15, 0.2) is 5.69 Å². The fourth-order valence-electron chi connectivity index (χ4n) is 3.10. The Bertz CT molecular complexity index is 718. The molecule has 150 valence electrons. The van der Waals surface area contributed by atoms with Crippen LogP contribution in [0.25, 0.3) is 6.08 Å². The van der Waals surface area contributed by atoms with Crippen molar-refractivity contribution in [2.24, 2.45) is 5.41 Å². The Labute approximate surface area is 161 Å². The van der Waals surface area contributed by atoms with Gasteiger partial charge >= 0.3 is 0 Å². The number of rotatable bonds is 6. The van der Waals surface area contributed by atoms with E-state index in [4.69, 9.17) is 4.74 Å². The van der Waals surface area contributed by atoms with E-state index in [1.54, 1.807) is 14.2 Å². The number of hydrogen-bond donors (Lipinski definition) is 2. The number of likely N-dealkylation sites (N-methyl/N-ethyl adjacent to an activating group) is 2. The SMILES string of the molecule is CNC(=O)[C@@H](NC(=O)c1nc(/C=C/COC)n2c1CN(C)CC2)C(C)(C)C. The first-order chi connectivity index (χ1) is 12.7. The molecule has 2 rings (SSSR count). The van der Waals surface area contributed by atoms with Gasteiger partial charge in [-0.2, -0.15) is 0 Å². The Morgan fingerprint density at radius 2 is 2.04 bits per heavy atom. The minimum absolute atomic E-state index is 0.221. The van der Waals surface area contributed by atoms with Crippen LogP contribution in [0.3, 0.4) is 0 Å². The van der Waals surface area contributed by atoms with Crippen LogP contribution in [0.5, 0.6) is 0 Å². The van der Waals surface area contributed by atoms with Crippen LogP contribution in [0.4, 0.5) is 0 Å². The highest BCUT2D eigenvalue weighted by Crippen LogP contribution is 2.23. The Morgan fingerprint density at radius 1 is 1.33 bits per heavy atom. The monoisotopic (exact) mass is 377 g/mol. The zero-order valence-corrected chi connectivity index (χ0v) is 17.1. The molecular weight excluding hydrogens is 346 g/mol. The zero-order chi connectivity index (χ0) is 20.2. The number of ether oxygens (including phenoxy) is 1. The van der Waals surface area contributed by atoms with Crippen LogP contribution in [0, 0.1) is 5.41 Å². The van der Waals surface area contributed by atoms with Gasteiger partial charge in [-0.25, -0.2) is 4.98 Å². The molecule has 0 unspecified atom stereocenters. The third-order valence-corrected chi connectivity index (χ3v) is 4.62. The third kappa shape index (κ3) is 4.95. The maximum Gasteiger partial charge on any atom is 0.272 e. The van der Waals surface area contributed by atoms with Gasteiger partial charge in [-0.15, -0.1) is 0 Å². The molecule has 0 spiro atoms. The van der Waals surface area contributed by atoms with Crippen molar-refractivity contribution in [2.45, 2.75) is 39.9 Å². The van der Waals surface area contributed by atoms with Crippen LogP contribution in [0.15, 0.2) is 6.08 Å². The maximum absolute atomic E-state index is 13.0. The van der Waals surface area contributed by atoms with Crippen LogP contribution in [0.1, 0.15) is 42.8 Å². The molecule has 1 aliphatic rings. The molecule has 1 aromatic heterocycles. The number of fused-ring (bicyclic) bond motifs is 1. The van der Waals surface area contributed by atoms with E-state index in [-0.39, 0.29) is 11.8 Å². The van der Waals surface area contributed by atoms with E-state index in [2.05, 4.69) is 25.1 Å². The molecule has 0 saturated heterocycles. The molecule has 0 saturated carbocycles. The lowest BCUT2D eigenvalue weighted by Crippen LogP contribution is -2.53. The minimum atomic E-state index is -0.652. The quantitative estimate of drug-likeness (QED) is 0.768. The van der Waals surface area contributed by atoms with Gasteiger partial charge in [0.05, 0.1) is 12.3 Å². The van der Waals surface area contributed by atoms with E-state index in [1.807, 2.05) is 40.0 Å². The van der Waals surface area contributed by atoms with Gasteiger partial charge in [0.2, 0.25) is 5.91 Å². The standard InChI is InChI=1S/C19H31N5O3/c1-19(2,3)16(18(26)20-4)22-17(25)15-13-12-23(5)9-10-24(13)14(21-15)8-7-11-27-6/h7-8,16H,9-12H2,1-6H3,(H,20,26)(H,22,25)/b8-7+/t16-/m1/s1. The van der Waals surface area contributed by atoms with Crippen molar-refractivity contribution < 1.29 is 14.3 Å². The van der Waals surface area contributed by atoms with Crippen LogP contribution in [-0.4, -0.2) is 66.7 Å². The highest BCUT2D eigenvalue weighted by atomic mass is 16.5. The van der Waals surface area contributed by atoms with Crippen molar-refractivity contribution in [3.63, 3.8) is 0 Å². The van der Waals surface area contributed by atoms with Gasteiger partial charge in [0.25, 0.3) is 5.91 Å². The van der Waals surface area contributed by atoms with E-state index in [0.29, 0.717) is 18.8 Å². The number of hydrogen-bond acceptors (Lipinski definition) is 5. The average Bonchev–Trinajstić information content (AvgIpc) is 2.96. The number of nitrogens with one attached hydrogen (secondary N) is 2. The fraction of sp³-hybridized carbons (Fsp3) is 0.632. The molecule has 8 nitrogen and oxygen atoms in total. The van der Waals surface area contributed by atoms with Gasteiger partial charge in [0.1, 0.15) is 11.9 Å². The summed E-state index contributed by atoms with van der Waals surface area (Å²) in [4.78, 5) is 32.0. The molecule has 0 fully saturated rings. The van der Waals surface area contributed by atoms with Gasteiger partial charge in [-0.3, -0.25) is 14.5 Å². The number of carbonyl (C=O) groups is 2. The lowest BCUT2D eigenvalue weighted by molar-refractivity contribution is -0.124. The summed E-state index contributed by atoms with van der Waals surface area (Å²) in [6.45, 7) is 8.52. The van der Waals surface area contributed by atoms with Crippen LogP contribution in [-0.2, 0) is 22.6 Å². The molecule has 0 aromatic carbocycles. The molecule has 2 N–H and O–H groups in total. The molecule has 0 radical (unpaired) electrons. The van der Waals surface area contributed by atoms with Crippen molar-refractivity contribution in [3.05, 3.63) is 23.3 Å². The Hall–Kier alpha value is -2.19. The summed E-state index contributed by atoms with van der Waals surface area (Å²) in [6.07, 6.45) is 3.74. The molecule has 8 heteroatoms. The molecule has 1 aliphatic heterocycles. The molecule has 1 aromatic rings. The summed E-state index contributed by atoms with van der Waals surface area (Å²) < 4.78 is 7.11.